The van der Waals surface area contributed by atoms with E-state index in [1.165, 1.54) is 17.6 Å². The predicted octanol–water partition coefficient (Wildman–Crippen LogP) is 2.53. The third-order valence-corrected chi connectivity index (χ3v) is 3.07. The molecule has 0 aliphatic rings. The summed E-state index contributed by atoms with van der Waals surface area (Å²) in [6.07, 6.45) is 1.41. The summed E-state index contributed by atoms with van der Waals surface area (Å²) in [6, 6.07) is 5.13. The summed E-state index contributed by atoms with van der Waals surface area (Å²) in [7, 11) is 0. The first kappa shape index (κ1) is 10.6. The smallest absolute Gasteiger partial charge is 0.222 e. The van der Waals surface area contributed by atoms with Crippen LogP contribution in [0.3, 0.4) is 0 Å². The van der Waals surface area contributed by atoms with Gasteiger partial charge in [-0.15, -0.1) is 11.3 Å². The minimum absolute atomic E-state index is 0.194. The standard InChI is InChI=1S/C11H8N2O2S/c1-7-6-16-11(13-7)8(5-12)10(14)9-3-2-4-15-9/h2-4,6,8H,1H3. The van der Waals surface area contributed by atoms with Crippen LogP contribution in [0.1, 0.15) is 27.2 Å². The van der Waals surface area contributed by atoms with Gasteiger partial charge in [-0.25, -0.2) is 4.98 Å². The van der Waals surface area contributed by atoms with E-state index in [0.29, 0.717) is 5.01 Å². The van der Waals surface area contributed by atoms with Crippen molar-refractivity contribution >= 4 is 17.1 Å². The number of rotatable bonds is 3. The molecule has 0 radical (unpaired) electrons. The minimum Gasteiger partial charge on any atom is -0.461 e. The summed E-state index contributed by atoms with van der Waals surface area (Å²) >= 11 is 1.31. The molecule has 0 amide bonds. The molecule has 5 heteroatoms. The molecular formula is C11H8N2O2S. The van der Waals surface area contributed by atoms with Gasteiger partial charge in [0.2, 0.25) is 5.78 Å². The van der Waals surface area contributed by atoms with Crippen LogP contribution in [0.5, 0.6) is 0 Å². The molecule has 1 atom stereocenters. The first-order chi connectivity index (χ1) is 7.72. The molecule has 80 valence electrons. The van der Waals surface area contributed by atoms with E-state index in [9.17, 15) is 4.79 Å². The molecule has 0 spiro atoms. The molecule has 2 rings (SSSR count). The Hall–Kier alpha value is -1.93. The molecule has 0 aliphatic carbocycles. The molecule has 0 saturated carbocycles. The molecule has 2 heterocycles. The Morgan fingerprint density at radius 2 is 2.50 bits per heavy atom. The van der Waals surface area contributed by atoms with Gasteiger partial charge in [-0.2, -0.15) is 5.26 Å². The quantitative estimate of drug-likeness (QED) is 0.762. The van der Waals surface area contributed by atoms with E-state index in [2.05, 4.69) is 4.98 Å². The largest absolute Gasteiger partial charge is 0.461 e. The van der Waals surface area contributed by atoms with Gasteiger partial charge in [0.05, 0.1) is 12.3 Å². The monoisotopic (exact) mass is 232 g/mol. The minimum atomic E-state index is -0.871. The Morgan fingerprint density at radius 3 is 3.00 bits per heavy atom. The van der Waals surface area contributed by atoms with E-state index in [0.717, 1.165) is 5.69 Å². The number of aromatic nitrogens is 1. The Kier molecular flexibility index (Phi) is 2.84. The predicted molar refractivity (Wildman–Crippen MR) is 58.2 cm³/mol. The number of nitriles is 1. The summed E-state index contributed by atoms with van der Waals surface area (Å²) in [5.41, 5.74) is 0.812. The van der Waals surface area contributed by atoms with Crippen LogP contribution in [0, 0.1) is 18.3 Å². The average Bonchev–Trinajstić information content (AvgIpc) is 2.90. The summed E-state index contributed by atoms with van der Waals surface area (Å²) in [5, 5.41) is 11.3. The van der Waals surface area contributed by atoms with Crippen LogP contribution in [0.2, 0.25) is 0 Å². The number of carbonyl (C=O) groups is 1. The van der Waals surface area contributed by atoms with Crippen LogP contribution < -0.4 is 0 Å². The highest BCUT2D eigenvalue weighted by atomic mass is 32.1. The number of thiazole rings is 1. The maximum Gasteiger partial charge on any atom is 0.222 e. The van der Waals surface area contributed by atoms with Crippen LogP contribution in [0.4, 0.5) is 0 Å². The molecule has 1 unspecified atom stereocenters. The van der Waals surface area contributed by atoms with E-state index < -0.39 is 5.92 Å². The lowest BCUT2D eigenvalue weighted by molar-refractivity contribution is 0.0952. The highest BCUT2D eigenvalue weighted by Crippen LogP contribution is 2.23. The fourth-order valence-corrected chi connectivity index (χ4v) is 2.13. The van der Waals surface area contributed by atoms with Crippen molar-refractivity contribution in [1.82, 2.24) is 4.98 Å². The van der Waals surface area contributed by atoms with Gasteiger partial charge < -0.3 is 4.42 Å². The summed E-state index contributed by atoms with van der Waals surface area (Å²) in [6.45, 7) is 1.83. The van der Waals surface area contributed by atoms with E-state index >= 15 is 0 Å². The van der Waals surface area contributed by atoms with Crippen molar-refractivity contribution in [2.75, 3.05) is 0 Å². The molecule has 0 aromatic carbocycles. The van der Waals surface area contributed by atoms with Gasteiger partial charge in [0.15, 0.2) is 11.7 Å². The molecule has 2 aromatic rings. The number of carbonyl (C=O) groups excluding carboxylic acids is 1. The summed E-state index contributed by atoms with van der Waals surface area (Å²) < 4.78 is 4.98. The van der Waals surface area contributed by atoms with Gasteiger partial charge in [-0.3, -0.25) is 4.79 Å². The lowest BCUT2D eigenvalue weighted by Gasteiger charge is -2.01. The second-order valence-electron chi connectivity index (χ2n) is 3.23. The van der Waals surface area contributed by atoms with Crippen molar-refractivity contribution in [3.05, 3.63) is 40.2 Å². The van der Waals surface area contributed by atoms with Crippen molar-refractivity contribution in [2.24, 2.45) is 0 Å². The van der Waals surface area contributed by atoms with Crippen molar-refractivity contribution < 1.29 is 9.21 Å². The van der Waals surface area contributed by atoms with Crippen molar-refractivity contribution in [3.8, 4) is 6.07 Å². The lowest BCUT2D eigenvalue weighted by atomic mass is 10.1. The maximum atomic E-state index is 11.9. The molecule has 0 aliphatic heterocycles. The zero-order chi connectivity index (χ0) is 11.5. The van der Waals surface area contributed by atoms with Gasteiger partial charge in [0, 0.05) is 11.1 Å². The van der Waals surface area contributed by atoms with Crippen LogP contribution in [-0.4, -0.2) is 10.8 Å². The Bertz CT molecular complexity index is 537. The second kappa shape index (κ2) is 4.29. The van der Waals surface area contributed by atoms with E-state index in [1.807, 2.05) is 18.4 Å². The summed E-state index contributed by atoms with van der Waals surface area (Å²) in [5.74, 6) is -1.02. The number of aryl methyl sites for hydroxylation is 1. The topological polar surface area (TPSA) is 66.9 Å². The fourth-order valence-electron chi connectivity index (χ4n) is 1.29. The van der Waals surface area contributed by atoms with E-state index in [-0.39, 0.29) is 11.5 Å². The first-order valence-corrected chi connectivity index (χ1v) is 5.49. The van der Waals surface area contributed by atoms with Crippen LogP contribution in [0.25, 0.3) is 0 Å². The number of hydrogen-bond donors (Lipinski definition) is 0. The molecule has 0 bridgehead atoms. The Labute approximate surface area is 96.2 Å². The average molecular weight is 232 g/mol. The fraction of sp³-hybridized carbons (Fsp3) is 0.182. The van der Waals surface area contributed by atoms with Crippen molar-refractivity contribution in [1.29, 1.82) is 5.26 Å². The van der Waals surface area contributed by atoms with Crippen molar-refractivity contribution in [3.63, 3.8) is 0 Å². The molecule has 2 aromatic heterocycles. The SMILES string of the molecule is Cc1csc(C(C#N)C(=O)c2ccco2)n1. The molecule has 0 fully saturated rings. The van der Waals surface area contributed by atoms with Gasteiger partial charge in [-0.1, -0.05) is 0 Å². The van der Waals surface area contributed by atoms with Crippen LogP contribution >= 0.6 is 11.3 Å². The number of nitrogens with zero attached hydrogens (tertiary/aromatic N) is 2. The number of ketones is 1. The molecule has 0 N–H and O–H groups in total. The highest BCUT2D eigenvalue weighted by Gasteiger charge is 2.26. The maximum absolute atomic E-state index is 11.9. The normalized spacial score (nSPS) is 12.0. The van der Waals surface area contributed by atoms with Crippen LogP contribution in [-0.2, 0) is 0 Å². The van der Waals surface area contributed by atoms with Gasteiger partial charge in [0.25, 0.3) is 0 Å². The van der Waals surface area contributed by atoms with Crippen LogP contribution in [0.15, 0.2) is 28.2 Å². The number of Topliss-reactive ketones (excluding diaryl/α,β-unsaturated/α-hetero) is 1. The summed E-state index contributed by atoms with van der Waals surface area (Å²) in [4.78, 5) is 16.0. The third kappa shape index (κ3) is 1.88. The zero-order valence-corrected chi connectivity index (χ0v) is 9.32. The van der Waals surface area contributed by atoms with Gasteiger partial charge >= 0.3 is 0 Å². The Morgan fingerprint density at radius 1 is 1.69 bits per heavy atom. The highest BCUT2D eigenvalue weighted by molar-refractivity contribution is 7.10. The van der Waals surface area contributed by atoms with Gasteiger partial charge in [0.1, 0.15) is 5.01 Å². The lowest BCUT2D eigenvalue weighted by Crippen LogP contribution is -2.10. The first-order valence-electron chi connectivity index (χ1n) is 4.61. The Balaban J connectivity index is 2.31. The van der Waals surface area contributed by atoms with Gasteiger partial charge in [-0.05, 0) is 19.1 Å². The molecule has 4 nitrogen and oxygen atoms in total. The second-order valence-corrected chi connectivity index (χ2v) is 4.12. The molecular weight excluding hydrogens is 224 g/mol. The molecule has 16 heavy (non-hydrogen) atoms. The zero-order valence-electron chi connectivity index (χ0n) is 8.51. The number of furan rings is 1. The van der Waals surface area contributed by atoms with E-state index in [1.54, 1.807) is 12.1 Å². The van der Waals surface area contributed by atoms with E-state index in [4.69, 9.17) is 9.68 Å². The number of hydrogen-bond acceptors (Lipinski definition) is 5. The van der Waals surface area contributed by atoms with Crippen molar-refractivity contribution in [2.45, 2.75) is 12.8 Å². The molecule has 0 saturated heterocycles. The third-order valence-electron chi connectivity index (χ3n) is 2.04.